The highest BCUT2D eigenvalue weighted by molar-refractivity contribution is 8.15. The highest BCUT2D eigenvalue weighted by Crippen LogP contribution is 2.47. The van der Waals surface area contributed by atoms with E-state index in [9.17, 15) is 4.79 Å². The first kappa shape index (κ1) is 12.7. The predicted octanol–water partition coefficient (Wildman–Crippen LogP) is 3.54. The van der Waals surface area contributed by atoms with Gasteiger partial charge in [0.25, 0.3) is 0 Å². The molecule has 1 heterocycles. The highest BCUT2D eigenvalue weighted by Gasteiger charge is 2.38. The molecule has 0 fully saturated rings. The summed E-state index contributed by atoms with van der Waals surface area (Å²) in [5.41, 5.74) is 3.93. The largest absolute Gasteiger partial charge is 0.478 e. The summed E-state index contributed by atoms with van der Waals surface area (Å²) in [6.45, 7) is 0. The molecule has 104 valence electrons. The smallest absolute Gasteiger partial charge is 0.335 e. The van der Waals surface area contributed by atoms with Gasteiger partial charge in [0.15, 0.2) is 0 Å². The molecule has 0 radical (unpaired) electrons. The normalized spacial score (nSPS) is 22.6. The molecular weight excluding hydrogens is 282 g/mol. The topological polar surface area (TPSA) is 49.7 Å². The van der Waals surface area contributed by atoms with Crippen molar-refractivity contribution < 1.29 is 9.90 Å². The van der Waals surface area contributed by atoms with Crippen molar-refractivity contribution in [1.82, 2.24) is 0 Å². The van der Waals surface area contributed by atoms with Gasteiger partial charge in [-0.05, 0) is 29.7 Å². The first-order valence-electron chi connectivity index (χ1n) is 6.88. The summed E-state index contributed by atoms with van der Waals surface area (Å²) in [5.74, 6) is -0.897. The summed E-state index contributed by atoms with van der Waals surface area (Å²) in [6.07, 6.45) is 1.04. The molecule has 0 saturated heterocycles. The van der Waals surface area contributed by atoms with Crippen molar-refractivity contribution in [2.75, 3.05) is 0 Å². The van der Waals surface area contributed by atoms with E-state index in [0.717, 1.165) is 17.0 Å². The number of carboxylic acids is 1. The van der Waals surface area contributed by atoms with Crippen molar-refractivity contribution in [3.8, 4) is 0 Å². The number of benzene rings is 2. The summed E-state index contributed by atoms with van der Waals surface area (Å²) < 4.78 is 0. The Morgan fingerprint density at radius 2 is 2.05 bits per heavy atom. The summed E-state index contributed by atoms with van der Waals surface area (Å²) in [4.78, 5) is 15.9. The van der Waals surface area contributed by atoms with Crippen LogP contribution in [0.4, 0.5) is 0 Å². The zero-order chi connectivity index (χ0) is 14.4. The first-order valence-corrected chi connectivity index (χ1v) is 7.76. The number of hydrogen-bond acceptors (Lipinski definition) is 3. The maximum absolute atomic E-state index is 11.1. The van der Waals surface area contributed by atoms with Crippen molar-refractivity contribution in [3.63, 3.8) is 0 Å². The molecule has 1 aliphatic carbocycles. The van der Waals surface area contributed by atoms with Crippen molar-refractivity contribution in [2.45, 2.75) is 17.7 Å². The molecule has 2 aliphatic rings. The Morgan fingerprint density at radius 3 is 2.90 bits per heavy atom. The van der Waals surface area contributed by atoms with Gasteiger partial charge in [0.1, 0.15) is 0 Å². The summed E-state index contributed by atoms with van der Waals surface area (Å²) in [6, 6.07) is 15.7. The van der Waals surface area contributed by atoms with Gasteiger partial charge in [-0.1, -0.05) is 48.2 Å². The molecule has 3 nitrogen and oxygen atoms in total. The van der Waals surface area contributed by atoms with E-state index in [2.05, 4.69) is 24.3 Å². The predicted molar refractivity (Wildman–Crippen MR) is 84.2 cm³/mol. The van der Waals surface area contributed by atoms with E-state index in [-0.39, 0.29) is 6.04 Å². The third-order valence-electron chi connectivity index (χ3n) is 4.02. The van der Waals surface area contributed by atoms with Gasteiger partial charge < -0.3 is 5.11 Å². The van der Waals surface area contributed by atoms with E-state index in [4.69, 9.17) is 10.1 Å². The van der Waals surface area contributed by atoms with Gasteiger partial charge in [-0.25, -0.2) is 4.79 Å². The van der Waals surface area contributed by atoms with Crippen molar-refractivity contribution in [2.24, 2.45) is 4.99 Å². The molecule has 1 N–H and O–H groups in total. The van der Waals surface area contributed by atoms with E-state index in [0.29, 0.717) is 10.8 Å². The van der Waals surface area contributed by atoms with Gasteiger partial charge >= 0.3 is 5.97 Å². The van der Waals surface area contributed by atoms with E-state index < -0.39 is 5.97 Å². The van der Waals surface area contributed by atoms with Crippen LogP contribution >= 0.6 is 11.8 Å². The number of fused-ring (bicyclic) bond motifs is 3. The van der Waals surface area contributed by atoms with Crippen molar-refractivity contribution in [3.05, 3.63) is 70.8 Å². The second-order valence-corrected chi connectivity index (χ2v) is 6.55. The third kappa shape index (κ3) is 2.07. The van der Waals surface area contributed by atoms with Crippen LogP contribution in [0.5, 0.6) is 0 Å². The number of hydrogen-bond donors (Lipinski definition) is 1. The fourth-order valence-corrected chi connectivity index (χ4v) is 4.35. The van der Waals surface area contributed by atoms with E-state index >= 15 is 0 Å². The SMILES string of the molecule is O=C(O)c1cccc(C2=NC3c4ccccc4CC3S2)c1. The minimum Gasteiger partial charge on any atom is -0.478 e. The van der Waals surface area contributed by atoms with Gasteiger partial charge in [-0.2, -0.15) is 0 Å². The maximum atomic E-state index is 11.1. The van der Waals surface area contributed by atoms with Gasteiger partial charge in [0.2, 0.25) is 0 Å². The lowest BCUT2D eigenvalue weighted by molar-refractivity contribution is 0.0697. The lowest BCUT2D eigenvalue weighted by atomic mass is 10.1. The third-order valence-corrected chi connectivity index (χ3v) is 5.31. The van der Waals surface area contributed by atoms with Crippen LogP contribution in [-0.4, -0.2) is 21.4 Å². The number of aromatic carboxylic acids is 1. The second kappa shape index (κ2) is 4.74. The molecule has 0 amide bonds. The number of carboxylic acid groups (broad SMARTS) is 1. The number of carbonyl (C=O) groups is 1. The first-order chi connectivity index (χ1) is 10.2. The summed E-state index contributed by atoms with van der Waals surface area (Å²) >= 11 is 1.77. The summed E-state index contributed by atoms with van der Waals surface area (Å²) in [7, 11) is 0. The fraction of sp³-hybridized carbons (Fsp3) is 0.176. The molecule has 0 saturated carbocycles. The molecule has 4 heteroatoms. The zero-order valence-electron chi connectivity index (χ0n) is 11.2. The Kier molecular flexibility index (Phi) is 2.86. The Bertz CT molecular complexity index is 769. The average molecular weight is 295 g/mol. The molecule has 2 aromatic carbocycles. The van der Waals surface area contributed by atoms with Gasteiger partial charge in [0, 0.05) is 10.8 Å². The molecule has 0 bridgehead atoms. The van der Waals surface area contributed by atoms with E-state index in [1.807, 2.05) is 6.07 Å². The molecule has 2 atom stereocenters. The van der Waals surface area contributed by atoms with E-state index in [1.54, 1.807) is 30.0 Å². The van der Waals surface area contributed by atoms with Crippen LogP contribution in [0.2, 0.25) is 0 Å². The molecule has 1 aliphatic heterocycles. The van der Waals surface area contributed by atoms with E-state index in [1.165, 1.54) is 11.1 Å². The Balaban J connectivity index is 1.70. The number of nitrogens with zero attached hydrogens (tertiary/aromatic N) is 1. The molecule has 0 spiro atoms. The second-order valence-electron chi connectivity index (χ2n) is 5.32. The molecule has 2 unspecified atom stereocenters. The Labute approximate surface area is 126 Å². The fourth-order valence-electron chi connectivity index (χ4n) is 3.02. The quantitative estimate of drug-likeness (QED) is 0.922. The number of thioether (sulfide) groups is 1. The van der Waals surface area contributed by atoms with Gasteiger partial charge in [-0.15, -0.1) is 0 Å². The average Bonchev–Trinajstić information content (AvgIpc) is 3.05. The van der Waals surface area contributed by atoms with Crippen molar-refractivity contribution in [1.29, 1.82) is 0 Å². The zero-order valence-corrected chi connectivity index (χ0v) is 12.0. The minimum absolute atomic E-state index is 0.217. The molecule has 4 rings (SSSR count). The van der Waals surface area contributed by atoms with Crippen LogP contribution in [0.25, 0.3) is 0 Å². The lowest BCUT2D eigenvalue weighted by Gasteiger charge is -2.05. The van der Waals surface area contributed by atoms with Gasteiger partial charge in [0.05, 0.1) is 16.6 Å². The van der Waals surface area contributed by atoms with Crippen LogP contribution in [0, 0.1) is 0 Å². The van der Waals surface area contributed by atoms with Crippen LogP contribution < -0.4 is 0 Å². The lowest BCUT2D eigenvalue weighted by Crippen LogP contribution is -2.03. The number of aliphatic imine (C=N–C) groups is 1. The van der Waals surface area contributed by atoms with Crippen LogP contribution in [0.3, 0.4) is 0 Å². The van der Waals surface area contributed by atoms with Crippen molar-refractivity contribution >= 4 is 22.8 Å². The van der Waals surface area contributed by atoms with Crippen LogP contribution in [0.15, 0.2) is 53.5 Å². The standard InChI is InChI=1S/C17H13NO2S/c19-17(20)12-6-3-5-11(8-12)16-18-15-13-7-2-1-4-10(13)9-14(15)21-16/h1-8,14-15H,9H2,(H,19,20). The maximum Gasteiger partial charge on any atom is 0.335 e. The summed E-state index contributed by atoms with van der Waals surface area (Å²) in [5, 5.41) is 10.5. The highest BCUT2D eigenvalue weighted by atomic mass is 32.2. The van der Waals surface area contributed by atoms with Crippen LogP contribution in [-0.2, 0) is 6.42 Å². The molecular formula is C17H13NO2S. The number of rotatable bonds is 2. The Hall–Kier alpha value is -2.07. The van der Waals surface area contributed by atoms with Gasteiger partial charge in [-0.3, -0.25) is 4.99 Å². The van der Waals surface area contributed by atoms with Crippen LogP contribution in [0.1, 0.15) is 33.1 Å². The molecule has 21 heavy (non-hydrogen) atoms. The molecule has 0 aromatic heterocycles. The Morgan fingerprint density at radius 1 is 1.19 bits per heavy atom. The molecule has 2 aromatic rings. The minimum atomic E-state index is -0.897. The monoisotopic (exact) mass is 295 g/mol.